The van der Waals surface area contributed by atoms with Crippen molar-refractivity contribution < 1.29 is 0 Å². The van der Waals surface area contributed by atoms with Gasteiger partial charge in [0.05, 0.1) is 0 Å². The summed E-state index contributed by atoms with van der Waals surface area (Å²) in [7, 11) is 0. The van der Waals surface area contributed by atoms with E-state index < -0.39 is 0 Å². The Morgan fingerprint density at radius 2 is 1.75 bits per heavy atom. The lowest BCUT2D eigenvalue weighted by molar-refractivity contribution is 0.756. The molecule has 0 aromatic heterocycles. The largest absolute Gasteiger partial charge is 0.118 e. The average Bonchev–Trinajstić information content (AvgIpc) is 2.02. The highest BCUT2D eigenvalue weighted by Gasteiger charge is 1.93. The minimum atomic E-state index is -0.153. The van der Waals surface area contributed by atoms with E-state index in [1.165, 1.54) is 6.42 Å². The van der Waals surface area contributed by atoms with Crippen molar-refractivity contribution in [3.63, 3.8) is 0 Å². The molecule has 0 aromatic rings. The minimum Gasteiger partial charge on any atom is -0.105 e. The summed E-state index contributed by atoms with van der Waals surface area (Å²) in [6, 6.07) is 0. The summed E-state index contributed by atoms with van der Waals surface area (Å²) in [6.07, 6.45) is 3.24. The molecule has 0 rings (SSSR count). The van der Waals surface area contributed by atoms with Gasteiger partial charge in [-0.2, -0.15) is 0 Å². The Morgan fingerprint density at radius 1 is 1.33 bits per heavy atom. The Kier molecular flexibility index (Phi) is 15.9. The molecular weight excluding hydrogens is 261 g/mol. The Morgan fingerprint density at radius 3 is 1.83 bits per heavy atom. The minimum absolute atomic E-state index is 0.0895. The van der Waals surface area contributed by atoms with Gasteiger partial charge in [0, 0.05) is 5.54 Å². The van der Waals surface area contributed by atoms with E-state index in [0.29, 0.717) is 0 Å². The van der Waals surface area contributed by atoms with Crippen LogP contribution in [0.2, 0.25) is 0 Å². The van der Waals surface area contributed by atoms with Gasteiger partial charge in [-0.05, 0) is 6.42 Å². The Bertz CT molecular complexity index is 106. The zero-order valence-corrected chi connectivity index (χ0v) is 10.4. The first kappa shape index (κ1) is 15.7. The van der Waals surface area contributed by atoms with Gasteiger partial charge in [-0.15, -0.1) is 23.2 Å². The Hall–Kier alpha value is 1.19. The summed E-state index contributed by atoms with van der Waals surface area (Å²) in [4.78, 5) is -0.153. The van der Waals surface area contributed by atoms with Gasteiger partial charge in [-0.3, -0.25) is 0 Å². The number of halogens is 5. The molecule has 0 aliphatic carbocycles. The van der Waals surface area contributed by atoms with Gasteiger partial charge >= 0.3 is 0 Å². The van der Waals surface area contributed by atoms with E-state index in [0.717, 1.165) is 18.4 Å². The maximum Gasteiger partial charge on any atom is 0.118 e. The highest BCUT2D eigenvalue weighted by Crippen LogP contribution is 2.10. The van der Waals surface area contributed by atoms with E-state index in [1.54, 1.807) is 0 Å². The fourth-order valence-electron chi connectivity index (χ4n) is 0.358. The maximum atomic E-state index is 5.42. The SMILES string of the molecule is CCCCC(Cl)Cl.ClC=C(Cl)Cl. The molecular formula is C7H11Cl5. The predicted octanol–water partition coefficient (Wildman–Crippen LogP) is 5.48. The van der Waals surface area contributed by atoms with Crippen LogP contribution < -0.4 is 0 Å². The molecule has 0 aliphatic heterocycles. The smallest absolute Gasteiger partial charge is 0.105 e. The van der Waals surface area contributed by atoms with Crippen LogP contribution in [0, 0.1) is 0 Å². The average molecular weight is 272 g/mol. The fourth-order valence-corrected chi connectivity index (χ4v) is 0.667. The second kappa shape index (κ2) is 12.2. The van der Waals surface area contributed by atoms with Crippen LogP contribution >= 0.6 is 58.0 Å². The lowest BCUT2D eigenvalue weighted by atomic mass is 10.3. The number of rotatable bonds is 3. The van der Waals surface area contributed by atoms with Crippen molar-refractivity contribution >= 4 is 58.0 Å². The molecule has 0 aliphatic rings. The summed E-state index contributed by atoms with van der Waals surface area (Å²) in [6.45, 7) is 2.12. The fraction of sp³-hybridized carbons (Fsp3) is 0.714. The van der Waals surface area contributed by atoms with E-state index in [-0.39, 0.29) is 9.33 Å². The summed E-state index contributed by atoms with van der Waals surface area (Å²) in [5.41, 5.74) is 1.09. The van der Waals surface area contributed by atoms with Gasteiger partial charge in [0.25, 0.3) is 0 Å². The molecule has 5 heteroatoms. The third-order valence-electron chi connectivity index (χ3n) is 0.858. The first-order chi connectivity index (χ1) is 5.54. The van der Waals surface area contributed by atoms with E-state index in [1.807, 2.05) is 0 Å². The summed E-state index contributed by atoms with van der Waals surface area (Å²) < 4.78 is 0.0895. The third-order valence-corrected chi connectivity index (χ3v) is 1.95. The van der Waals surface area contributed by atoms with Crippen molar-refractivity contribution in [2.24, 2.45) is 0 Å². The normalized spacial score (nSPS) is 8.92. The summed E-state index contributed by atoms with van der Waals surface area (Å²) in [5, 5.41) is 0. The van der Waals surface area contributed by atoms with Crippen molar-refractivity contribution in [3.8, 4) is 0 Å². The highest BCUT2D eigenvalue weighted by atomic mass is 35.5. The van der Waals surface area contributed by atoms with Crippen molar-refractivity contribution in [1.82, 2.24) is 0 Å². The van der Waals surface area contributed by atoms with Crippen LogP contribution in [0.1, 0.15) is 26.2 Å². The van der Waals surface area contributed by atoms with Gasteiger partial charge in [0.2, 0.25) is 0 Å². The van der Waals surface area contributed by atoms with Gasteiger partial charge in [0.15, 0.2) is 0 Å². The molecule has 0 atom stereocenters. The molecule has 0 spiro atoms. The molecule has 0 saturated carbocycles. The van der Waals surface area contributed by atoms with Gasteiger partial charge in [-0.1, -0.05) is 54.6 Å². The van der Waals surface area contributed by atoms with Crippen molar-refractivity contribution in [3.05, 3.63) is 10.0 Å². The van der Waals surface area contributed by atoms with E-state index in [2.05, 4.69) is 6.92 Å². The van der Waals surface area contributed by atoms with E-state index in [4.69, 9.17) is 58.0 Å². The molecule has 0 nitrogen and oxygen atoms in total. The van der Waals surface area contributed by atoms with Crippen LogP contribution in [0.25, 0.3) is 0 Å². The highest BCUT2D eigenvalue weighted by molar-refractivity contribution is 6.58. The molecule has 0 heterocycles. The number of alkyl halides is 2. The topological polar surface area (TPSA) is 0 Å². The van der Waals surface area contributed by atoms with Crippen LogP contribution in [0.5, 0.6) is 0 Å². The molecule has 0 unspecified atom stereocenters. The molecule has 0 N–H and O–H groups in total. The van der Waals surface area contributed by atoms with E-state index >= 15 is 0 Å². The second-order valence-electron chi connectivity index (χ2n) is 1.93. The molecule has 0 saturated heterocycles. The van der Waals surface area contributed by atoms with Gasteiger partial charge in [-0.25, -0.2) is 0 Å². The molecule has 0 aromatic carbocycles. The lowest BCUT2D eigenvalue weighted by Crippen LogP contribution is -1.83. The van der Waals surface area contributed by atoms with Crippen molar-refractivity contribution in [1.29, 1.82) is 0 Å². The van der Waals surface area contributed by atoms with Crippen LogP contribution in [0.3, 0.4) is 0 Å². The molecule has 0 amide bonds. The number of hydrogen-bond donors (Lipinski definition) is 0. The third kappa shape index (κ3) is 22.5. The number of hydrogen-bond acceptors (Lipinski definition) is 0. The summed E-state index contributed by atoms with van der Waals surface area (Å²) in [5.74, 6) is 0. The molecule has 0 fully saturated rings. The van der Waals surface area contributed by atoms with Crippen LogP contribution in [0.15, 0.2) is 10.0 Å². The van der Waals surface area contributed by atoms with Crippen molar-refractivity contribution in [2.45, 2.75) is 31.0 Å². The predicted molar refractivity (Wildman–Crippen MR) is 60.7 cm³/mol. The van der Waals surface area contributed by atoms with Crippen LogP contribution in [-0.4, -0.2) is 4.84 Å². The standard InChI is InChI=1S/C5H10Cl2.C2HCl3/c1-2-3-4-5(6)7;3-1-2(4)5/h5H,2-4H2,1H3;1H. The lowest BCUT2D eigenvalue weighted by Gasteiger charge is -1.94. The maximum absolute atomic E-state index is 5.42. The first-order valence-electron chi connectivity index (χ1n) is 3.44. The Labute approximate surface area is 98.8 Å². The van der Waals surface area contributed by atoms with E-state index in [9.17, 15) is 0 Å². The van der Waals surface area contributed by atoms with Gasteiger partial charge < -0.3 is 0 Å². The first-order valence-corrected chi connectivity index (χ1v) is 5.50. The zero-order valence-electron chi connectivity index (χ0n) is 6.67. The second-order valence-corrected chi connectivity index (χ2v) is 4.44. The van der Waals surface area contributed by atoms with Crippen LogP contribution in [0.4, 0.5) is 0 Å². The monoisotopic (exact) mass is 270 g/mol. The summed E-state index contributed by atoms with van der Waals surface area (Å²) >= 11 is 25.7. The quantitative estimate of drug-likeness (QED) is 0.597. The number of unbranched alkanes of at least 4 members (excludes halogenated alkanes) is 1. The molecule has 0 radical (unpaired) electrons. The Balaban J connectivity index is 0. The van der Waals surface area contributed by atoms with Gasteiger partial charge in [0.1, 0.15) is 9.33 Å². The zero-order chi connectivity index (χ0) is 9.98. The molecule has 12 heavy (non-hydrogen) atoms. The van der Waals surface area contributed by atoms with Crippen molar-refractivity contribution in [2.75, 3.05) is 0 Å². The van der Waals surface area contributed by atoms with Crippen LogP contribution in [-0.2, 0) is 0 Å². The molecule has 0 bridgehead atoms. The molecule has 74 valence electrons.